The first-order valence-corrected chi connectivity index (χ1v) is 7.88. The van der Waals surface area contributed by atoms with Crippen molar-refractivity contribution in [2.45, 2.75) is 30.2 Å². The van der Waals surface area contributed by atoms with Crippen molar-refractivity contribution < 1.29 is 22.8 Å². The Morgan fingerprint density at radius 2 is 2.10 bits per heavy atom. The van der Waals surface area contributed by atoms with Crippen molar-refractivity contribution in [2.24, 2.45) is 0 Å². The summed E-state index contributed by atoms with van der Waals surface area (Å²) in [6, 6.07) is 2.29. The Morgan fingerprint density at radius 3 is 2.52 bits per heavy atom. The quantitative estimate of drug-likeness (QED) is 0.629. The standard InChI is InChI=1S/C12H15FN2O5S/c13-11-8-10(4-5-12(11)15(17)18)21(19,20)14(6-7-16)9-2-1-3-9/h4-5,8-9,16H,1-3,6-7H2. The fourth-order valence-electron chi connectivity index (χ4n) is 2.20. The normalized spacial score (nSPS) is 16.0. The van der Waals surface area contributed by atoms with Gasteiger partial charge in [-0.2, -0.15) is 8.70 Å². The van der Waals surface area contributed by atoms with Crippen LogP contribution in [0.3, 0.4) is 0 Å². The van der Waals surface area contributed by atoms with Crippen LogP contribution in [0.1, 0.15) is 19.3 Å². The van der Waals surface area contributed by atoms with E-state index in [0.717, 1.165) is 22.9 Å². The molecule has 0 radical (unpaired) electrons. The third-order valence-electron chi connectivity index (χ3n) is 3.52. The average molecular weight is 318 g/mol. The number of nitrogens with zero attached hydrogens (tertiary/aromatic N) is 2. The predicted octanol–water partition coefficient (Wildman–Crippen LogP) is 1.27. The largest absolute Gasteiger partial charge is 0.395 e. The molecule has 1 aromatic rings. The van der Waals surface area contributed by atoms with Crippen LogP contribution in [0.5, 0.6) is 0 Å². The van der Waals surface area contributed by atoms with Crippen LogP contribution in [-0.2, 0) is 10.0 Å². The van der Waals surface area contributed by atoms with E-state index in [4.69, 9.17) is 5.11 Å². The van der Waals surface area contributed by atoms with Gasteiger partial charge in [-0.25, -0.2) is 8.42 Å². The van der Waals surface area contributed by atoms with Crippen molar-refractivity contribution in [3.05, 3.63) is 34.1 Å². The molecule has 116 valence electrons. The molecule has 1 aliphatic carbocycles. The number of nitro benzene ring substituents is 1. The monoisotopic (exact) mass is 318 g/mol. The Balaban J connectivity index is 2.37. The highest BCUT2D eigenvalue weighted by molar-refractivity contribution is 7.89. The van der Waals surface area contributed by atoms with Gasteiger partial charge in [-0.15, -0.1) is 0 Å². The molecule has 0 unspecified atom stereocenters. The number of benzene rings is 1. The smallest absolute Gasteiger partial charge is 0.304 e. The minimum atomic E-state index is -3.98. The summed E-state index contributed by atoms with van der Waals surface area (Å²) in [5, 5.41) is 19.6. The minimum absolute atomic E-state index is 0.0778. The van der Waals surface area contributed by atoms with Gasteiger partial charge in [-0.3, -0.25) is 10.1 Å². The summed E-state index contributed by atoms with van der Waals surface area (Å²) in [6.07, 6.45) is 2.28. The van der Waals surface area contributed by atoms with E-state index in [0.29, 0.717) is 18.9 Å². The summed E-state index contributed by atoms with van der Waals surface area (Å²) < 4.78 is 39.7. The number of aliphatic hydroxyl groups is 1. The minimum Gasteiger partial charge on any atom is -0.395 e. The van der Waals surface area contributed by atoms with Gasteiger partial charge >= 0.3 is 5.69 Å². The van der Waals surface area contributed by atoms with Gasteiger partial charge in [0.15, 0.2) is 0 Å². The van der Waals surface area contributed by atoms with Crippen molar-refractivity contribution in [2.75, 3.05) is 13.2 Å². The summed E-state index contributed by atoms with van der Waals surface area (Å²) in [6.45, 7) is -0.420. The molecule has 1 N–H and O–H groups in total. The Kier molecular flexibility index (Phi) is 4.55. The molecular weight excluding hydrogens is 303 g/mol. The lowest BCUT2D eigenvalue weighted by Gasteiger charge is -2.36. The molecule has 1 aliphatic rings. The zero-order valence-electron chi connectivity index (χ0n) is 11.1. The van der Waals surface area contributed by atoms with Gasteiger partial charge in [0.1, 0.15) is 0 Å². The first kappa shape index (κ1) is 15.8. The maximum absolute atomic E-state index is 13.6. The molecule has 0 bridgehead atoms. The second-order valence-electron chi connectivity index (χ2n) is 4.79. The highest BCUT2D eigenvalue weighted by Crippen LogP contribution is 2.31. The van der Waals surface area contributed by atoms with Crippen LogP contribution in [0.25, 0.3) is 0 Å². The maximum Gasteiger partial charge on any atom is 0.304 e. The van der Waals surface area contributed by atoms with Gasteiger partial charge in [0.05, 0.1) is 16.4 Å². The van der Waals surface area contributed by atoms with Crippen LogP contribution in [0.2, 0.25) is 0 Å². The van der Waals surface area contributed by atoms with Gasteiger partial charge in [-0.1, -0.05) is 6.42 Å². The molecule has 0 atom stereocenters. The summed E-state index contributed by atoms with van der Waals surface area (Å²) in [5.41, 5.74) is -0.772. The molecular formula is C12H15FN2O5S. The van der Waals surface area contributed by atoms with Crippen molar-refractivity contribution in [3.63, 3.8) is 0 Å². The van der Waals surface area contributed by atoms with Gasteiger partial charge in [0, 0.05) is 24.7 Å². The average Bonchev–Trinajstić information content (AvgIpc) is 2.35. The van der Waals surface area contributed by atoms with E-state index in [1.807, 2.05) is 0 Å². The molecule has 0 spiro atoms. The molecule has 0 aliphatic heterocycles. The van der Waals surface area contributed by atoms with Crippen molar-refractivity contribution in [1.82, 2.24) is 4.31 Å². The van der Waals surface area contributed by atoms with Crippen molar-refractivity contribution in [1.29, 1.82) is 0 Å². The van der Waals surface area contributed by atoms with Crippen LogP contribution < -0.4 is 0 Å². The lowest BCUT2D eigenvalue weighted by Crippen LogP contribution is -2.45. The van der Waals surface area contributed by atoms with E-state index in [-0.39, 0.29) is 24.1 Å². The molecule has 9 heteroatoms. The first-order chi connectivity index (χ1) is 9.87. The van der Waals surface area contributed by atoms with Crippen molar-refractivity contribution in [3.8, 4) is 0 Å². The molecule has 2 rings (SSSR count). The molecule has 0 saturated heterocycles. The van der Waals surface area contributed by atoms with Gasteiger partial charge in [-0.05, 0) is 18.9 Å². The second kappa shape index (κ2) is 6.04. The predicted molar refractivity (Wildman–Crippen MR) is 71.7 cm³/mol. The molecule has 0 aromatic heterocycles. The van der Waals surface area contributed by atoms with Crippen LogP contribution in [-0.4, -0.2) is 41.9 Å². The zero-order chi connectivity index (χ0) is 15.6. The second-order valence-corrected chi connectivity index (χ2v) is 6.68. The first-order valence-electron chi connectivity index (χ1n) is 6.44. The van der Waals surface area contributed by atoms with E-state index in [1.54, 1.807) is 0 Å². The summed E-state index contributed by atoms with van der Waals surface area (Å²) >= 11 is 0. The summed E-state index contributed by atoms with van der Waals surface area (Å²) in [4.78, 5) is 9.30. The Morgan fingerprint density at radius 1 is 1.43 bits per heavy atom. The highest BCUT2D eigenvalue weighted by Gasteiger charge is 2.35. The molecule has 1 saturated carbocycles. The third-order valence-corrected chi connectivity index (χ3v) is 5.47. The Labute approximate surface area is 121 Å². The van der Waals surface area contributed by atoms with Gasteiger partial charge in [0.2, 0.25) is 15.8 Å². The molecule has 21 heavy (non-hydrogen) atoms. The number of aliphatic hydroxyl groups excluding tert-OH is 1. The Hall–Kier alpha value is -1.58. The van der Waals surface area contributed by atoms with Crippen molar-refractivity contribution >= 4 is 15.7 Å². The molecule has 0 amide bonds. The number of sulfonamides is 1. The lowest BCUT2D eigenvalue weighted by atomic mass is 9.93. The number of rotatable bonds is 6. The van der Waals surface area contributed by atoms with Crippen LogP contribution in [0.4, 0.5) is 10.1 Å². The molecule has 0 heterocycles. The number of halogens is 1. The SMILES string of the molecule is O=[N+]([O-])c1ccc(S(=O)(=O)N(CCO)C2CCC2)cc1F. The summed E-state index contributed by atoms with van der Waals surface area (Å²) in [7, 11) is -3.98. The van der Waals surface area contributed by atoms with Crippen LogP contribution in [0, 0.1) is 15.9 Å². The molecule has 1 fully saturated rings. The zero-order valence-corrected chi connectivity index (χ0v) is 11.9. The van der Waals surface area contributed by atoms with E-state index in [1.165, 1.54) is 0 Å². The van der Waals surface area contributed by atoms with Gasteiger partial charge < -0.3 is 5.11 Å². The third kappa shape index (κ3) is 3.04. The summed E-state index contributed by atoms with van der Waals surface area (Å²) in [5.74, 6) is -1.20. The van der Waals surface area contributed by atoms with E-state index >= 15 is 0 Å². The molecule has 1 aromatic carbocycles. The highest BCUT2D eigenvalue weighted by atomic mass is 32.2. The van der Waals surface area contributed by atoms with E-state index in [2.05, 4.69) is 0 Å². The maximum atomic E-state index is 13.6. The Bertz CT molecular complexity index is 645. The number of hydrogen-bond acceptors (Lipinski definition) is 5. The molecule has 7 nitrogen and oxygen atoms in total. The number of hydrogen-bond donors (Lipinski definition) is 1. The fourth-order valence-corrected chi connectivity index (χ4v) is 3.89. The topological polar surface area (TPSA) is 101 Å². The van der Waals surface area contributed by atoms with Crippen LogP contribution >= 0.6 is 0 Å². The van der Waals surface area contributed by atoms with Crippen LogP contribution in [0.15, 0.2) is 23.1 Å². The van der Waals surface area contributed by atoms with E-state index in [9.17, 15) is 22.9 Å². The lowest BCUT2D eigenvalue weighted by molar-refractivity contribution is -0.387. The fraction of sp³-hybridized carbons (Fsp3) is 0.500. The van der Waals surface area contributed by atoms with E-state index < -0.39 is 26.5 Å². The van der Waals surface area contributed by atoms with Gasteiger partial charge in [0.25, 0.3) is 0 Å². The number of nitro groups is 1.